The first-order valence-electron chi connectivity index (χ1n) is 14.2. The molecule has 0 spiro atoms. The third kappa shape index (κ3) is 9.84. The van der Waals surface area contributed by atoms with E-state index in [1.54, 1.807) is 49.4 Å². The minimum atomic E-state index is -3.76. The first-order chi connectivity index (χ1) is 20.6. The number of nitrogens with two attached hydrogens (primary N) is 1. The molecule has 12 nitrogen and oxygen atoms in total. The Kier molecular flexibility index (Phi) is 14.2. The molecule has 0 bridgehead atoms. The number of benzene rings is 2. The molecule has 15 heteroatoms. The molecule has 1 fully saturated rings. The Balaban J connectivity index is 0.00000353. The third-order valence-corrected chi connectivity index (χ3v) is 8.40. The lowest BCUT2D eigenvalue weighted by atomic mass is 10.1. The quantitative estimate of drug-likeness (QED) is 0.289. The van der Waals surface area contributed by atoms with Gasteiger partial charge in [-0.05, 0) is 43.2 Å². The van der Waals surface area contributed by atoms with E-state index in [1.807, 2.05) is 0 Å². The Morgan fingerprint density at radius 3 is 2.53 bits per heavy atom. The van der Waals surface area contributed by atoms with Crippen molar-refractivity contribution in [1.82, 2.24) is 4.90 Å². The number of anilines is 2. The van der Waals surface area contributed by atoms with Crippen LogP contribution in [0.1, 0.15) is 54.1 Å². The second-order valence-corrected chi connectivity index (χ2v) is 12.2. The molecule has 0 aliphatic carbocycles. The van der Waals surface area contributed by atoms with E-state index in [9.17, 15) is 18.0 Å². The lowest BCUT2D eigenvalue weighted by Crippen LogP contribution is -2.41. The number of ether oxygens (including phenoxy) is 2. The molecule has 2 amide bonds. The standard InChI is InChI=1S/C30H38N6O6S.2ClH/c1-3-41-30(38)34-26-9-4-7-21(25(26)20-31)8-6-16-36(43(2,39)40)22-11-12-27(24(19-22)29(32)37)42-23-13-17-35(18-14-23)28-10-5-15-33-28;;/h4,6-9,11-12,19-20,23,31H,3,5,10,13-18H2,1-2H3,(H2,32,37)(H,34,38);2*1H/b8-6+,31-20?;;. The number of nitrogens with one attached hydrogen (secondary N) is 2. The maximum atomic E-state index is 12.8. The normalized spacial score (nSPS) is 15.0. The molecule has 2 aliphatic rings. The van der Waals surface area contributed by atoms with Gasteiger partial charge in [-0.25, -0.2) is 13.2 Å². The minimum absolute atomic E-state index is 0. The van der Waals surface area contributed by atoms with Crippen molar-refractivity contribution in [1.29, 1.82) is 5.41 Å². The predicted molar refractivity (Wildman–Crippen MR) is 182 cm³/mol. The number of carbonyl (C=O) groups is 2. The second kappa shape index (κ2) is 17.0. The number of carbonyl (C=O) groups excluding carboxylic acids is 2. The molecule has 0 saturated carbocycles. The molecule has 1 saturated heterocycles. The summed E-state index contributed by atoms with van der Waals surface area (Å²) in [5.41, 5.74) is 7.45. The van der Waals surface area contributed by atoms with Crippen molar-refractivity contribution in [3.8, 4) is 5.75 Å². The Hall–Kier alpha value is -3.81. The van der Waals surface area contributed by atoms with Crippen LogP contribution in [0.2, 0.25) is 0 Å². The van der Waals surface area contributed by atoms with E-state index in [2.05, 4.69) is 15.2 Å². The van der Waals surface area contributed by atoms with Gasteiger partial charge in [0.05, 0.1) is 42.2 Å². The molecule has 0 atom stereocenters. The highest BCUT2D eigenvalue weighted by atomic mass is 35.5. The van der Waals surface area contributed by atoms with Gasteiger partial charge in [-0.1, -0.05) is 24.3 Å². The summed E-state index contributed by atoms with van der Waals surface area (Å²) in [5, 5.41) is 10.4. The molecule has 0 aromatic heterocycles. The summed E-state index contributed by atoms with van der Waals surface area (Å²) in [6.07, 6.45) is 8.34. The van der Waals surface area contributed by atoms with Crippen molar-refractivity contribution < 1.29 is 27.5 Å². The van der Waals surface area contributed by atoms with Crippen molar-refractivity contribution in [2.24, 2.45) is 10.7 Å². The van der Waals surface area contributed by atoms with E-state index in [0.29, 0.717) is 22.6 Å². The number of nitrogens with zero attached hydrogens (tertiary/aromatic N) is 3. The molecule has 246 valence electrons. The van der Waals surface area contributed by atoms with Crippen LogP contribution in [0.4, 0.5) is 16.2 Å². The van der Waals surface area contributed by atoms with Crippen LogP contribution >= 0.6 is 24.8 Å². The van der Waals surface area contributed by atoms with E-state index in [-0.39, 0.29) is 55.3 Å². The maximum absolute atomic E-state index is 12.8. The van der Waals surface area contributed by atoms with Gasteiger partial charge in [0.2, 0.25) is 10.0 Å². The molecule has 45 heavy (non-hydrogen) atoms. The average Bonchev–Trinajstić information content (AvgIpc) is 3.51. The number of sulfonamides is 1. The van der Waals surface area contributed by atoms with Crippen molar-refractivity contribution in [3.05, 3.63) is 59.2 Å². The first-order valence-corrected chi connectivity index (χ1v) is 16.1. The zero-order valence-corrected chi connectivity index (χ0v) is 27.7. The van der Waals surface area contributed by atoms with E-state index < -0.39 is 22.0 Å². The number of piperidine rings is 1. The van der Waals surface area contributed by atoms with Crippen LogP contribution in [0.15, 0.2) is 47.5 Å². The Morgan fingerprint density at radius 2 is 1.93 bits per heavy atom. The highest BCUT2D eigenvalue weighted by Crippen LogP contribution is 2.29. The lowest BCUT2D eigenvalue weighted by Gasteiger charge is -2.34. The van der Waals surface area contributed by atoms with Gasteiger partial charge < -0.3 is 25.5 Å². The van der Waals surface area contributed by atoms with Crippen LogP contribution in [0.3, 0.4) is 0 Å². The second-order valence-electron chi connectivity index (χ2n) is 10.2. The molecule has 0 radical (unpaired) electrons. The van der Waals surface area contributed by atoms with Gasteiger partial charge in [-0.15, -0.1) is 24.8 Å². The van der Waals surface area contributed by atoms with Gasteiger partial charge >= 0.3 is 6.09 Å². The monoisotopic (exact) mass is 682 g/mol. The summed E-state index contributed by atoms with van der Waals surface area (Å²) in [5.74, 6) is 0.754. The lowest BCUT2D eigenvalue weighted by molar-refractivity contribution is 0.0982. The van der Waals surface area contributed by atoms with Crippen LogP contribution in [0.25, 0.3) is 6.08 Å². The zero-order valence-electron chi connectivity index (χ0n) is 25.2. The summed E-state index contributed by atoms with van der Waals surface area (Å²) in [7, 11) is -3.76. The van der Waals surface area contributed by atoms with Crippen LogP contribution in [0, 0.1) is 5.41 Å². The van der Waals surface area contributed by atoms with Crippen molar-refractivity contribution in [3.63, 3.8) is 0 Å². The van der Waals surface area contributed by atoms with Crippen molar-refractivity contribution in [2.45, 2.75) is 38.7 Å². The van der Waals surface area contributed by atoms with Gasteiger partial charge in [-0.2, -0.15) is 0 Å². The summed E-state index contributed by atoms with van der Waals surface area (Å²) >= 11 is 0. The van der Waals surface area contributed by atoms with Gasteiger partial charge in [0, 0.05) is 50.7 Å². The Labute approximate surface area is 276 Å². The minimum Gasteiger partial charge on any atom is -0.489 e. The van der Waals surface area contributed by atoms with E-state index >= 15 is 0 Å². The molecule has 4 rings (SSSR count). The van der Waals surface area contributed by atoms with E-state index in [0.717, 1.165) is 67.9 Å². The third-order valence-electron chi connectivity index (χ3n) is 7.24. The number of hydrogen-bond acceptors (Lipinski definition) is 9. The number of amides is 2. The largest absolute Gasteiger partial charge is 0.489 e. The summed E-state index contributed by atoms with van der Waals surface area (Å²) < 4.78 is 37.8. The molecule has 2 aromatic rings. The Bertz CT molecular complexity index is 1530. The highest BCUT2D eigenvalue weighted by Gasteiger charge is 2.26. The van der Waals surface area contributed by atoms with Crippen molar-refractivity contribution in [2.75, 3.05) is 48.7 Å². The fourth-order valence-corrected chi connectivity index (χ4v) is 6.00. The van der Waals surface area contributed by atoms with Crippen molar-refractivity contribution >= 4 is 76.3 Å². The number of primary amides is 1. The van der Waals surface area contributed by atoms with Gasteiger partial charge in [-0.3, -0.25) is 19.4 Å². The molecule has 2 aromatic carbocycles. The van der Waals surface area contributed by atoms with E-state index in [1.165, 1.54) is 6.07 Å². The molecular formula is C30H40Cl2N6O6S. The number of halogens is 2. The number of rotatable bonds is 11. The van der Waals surface area contributed by atoms with Crippen LogP contribution in [-0.4, -0.2) is 82.5 Å². The number of hydrogen-bond donors (Lipinski definition) is 3. The van der Waals surface area contributed by atoms with Gasteiger partial charge in [0.1, 0.15) is 11.9 Å². The van der Waals surface area contributed by atoms with Crippen LogP contribution in [-0.2, 0) is 14.8 Å². The molecule has 2 heterocycles. The SMILES string of the molecule is CCOC(=O)Nc1cccc(/C=C/CN(c2ccc(OC3CCN(C4=NCCC4)CC3)c(C(N)=O)c2)S(C)(=O)=O)c1C=N.Cl.Cl. The smallest absolute Gasteiger partial charge is 0.411 e. The topological polar surface area (TPSA) is 167 Å². The van der Waals surface area contributed by atoms with Crippen LogP contribution < -0.4 is 20.1 Å². The number of amidine groups is 1. The maximum Gasteiger partial charge on any atom is 0.411 e. The molecule has 2 aliphatic heterocycles. The van der Waals surface area contributed by atoms with Gasteiger partial charge in [0.25, 0.3) is 5.91 Å². The Morgan fingerprint density at radius 1 is 1.20 bits per heavy atom. The summed E-state index contributed by atoms with van der Waals surface area (Å²) in [6.45, 7) is 4.35. The highest BCUT2D eigenvalue weighted by molar-refractivity contribution is 7.92. The van der Waals surface area contributed by atoms with Gasteiger partial charge in [0.15, 0.2) is 0 Å². The number of likely N-dealkylation sites (tertiary alicyclic amines) is 1. The first kappa shape index (κ1) is 37.4. The fourth-order valence-electron chi connectivity index (χ4n) is 5.15. The summed E-state index contributed by atoms with van der Waals surface area (Å²) in [4.78, 5) is 31.2. The number of aliphatic imine (C=N–C) groups is 1. The van der Waals surface area contributed by atoms with E-state index in [4.69, 9.17) is 20.6 Å². The zero-order chi connectivity index (χ0) is 31.0. The molecule has 4 N–H and O–H groups in total. The fraction of sp³-hybridized carbons (Fsp3) is 0.400. The predicted octanol–water partition coefficient (Wildman–Crippen LogP) is 4.71. The van der Waals surface area contributed by atoms with Crippen LogP contribution in [0.5, 0.6) is 5.75 Å². The molecular weight excluding hydrogens is 643 g/mol. The molecule has 0 unspecified atom stereocenters. The summed E-state index contributed by atoms with van der Waals surface area (Å²) in [6, 6.07) is 9.69. The average molecular weight is 684 g/mol.